The number of halogens is 6. The van der Waals surface area contributed by atoms with E-state index < -0.39 is 28.0 Å². The highest BCUT2D eigenvalue weighted by Gasteiger charge is 2.40. The van der Waals surface area contributed by atoms with Gasteiger partial charge in [-0.15, -0.1) is 0 Å². The van der Waals surface area contributed by atoms with E-state index in [4.69, 9.17) is 0 Å². The first-order valence-electron chi connectivity index (χ1n) is 10.3. The topological polar surface area (TPSA) is 64.0 Å². The maximum absolute atomic E-state index is 14.2. The van der Waals surface area contributed by atoms with Crippen molar-refractivity contribution in [3.63, 3.8) is 0 Å². The number of benzene rings is 3. The molecule has 1 heterocycles. The zero-order chi connectivity index (χ0) is 26.3. The Bertz CT molecular complexity index is 1480. The number of alkyl halides is 6. The van der Waals surface area contributed by atoms with Crippen LogP contribution in [0.25, 0.3) is 28.1 Å². The summed E-state index contributed by atoms with van der Waals surface area (Å²) in [5.41, 5.74) is -1.48. The SMILES string of the molecule is CS(=O)(=O)c1ccc(-c2c(-c3ccc(NC(F)(F)F)cc3)c(C(F)(F)F)nn2-c2ccccc2)cc1. The predicted molar refractivity (Wildman–Crippen MR) is 122 cm³/mol. The van der Waals surface area contributed by atoms with Crippen LogP contribution in [0.4, 0.5) is 32.0 Å². The van der Waals surface area contributed by atoms with Crippen molar-refractivity contribution < 1.29 is 34.8 Å². The van der Waals surface area contributed by atoms with E-state index in [-0.39, 0.29) is 33.0 Å². The zero-order valence-electron chi connectivity index (χ0n) is 18.4. The van der Waals surface area contributed by atoms with Crippen molar-refractivity contribution in [2.75, 3.05) is 11.6 Å². The molecule has 1 aromatic heterocycles. The first kappa shape index (κ1) is 25.3. The van der Waals surface area contributed by atoms with E-state index >= 15 is 0 Å². The van der Waals surface area contributed by atoms with Crippen LogP contribution in [0.15, 0.2) is 83.8 Å². The zero-order valence-corrected chi connectivity index (χ0v) is 19.2. The fraction of sp³-hybridized carbons (Fsp3) is 0.125. The molecule has 0 bridgehead atoms. The van der Waals surface area contributed by atoms with Gasteiger partial charge in [-0.3, -0.25) is 5.32 Å². The van der Waals surface area contributed by atoms with Crippen LogP contribution in [0, 0.1) is 0 Å². The molecule has 4 aromatic rings. The smallest absolute Gasteiger partial charge is 0.298 e. The molecule has 0 aliphatic rings. The van der Waals surface area contributed by atoms with Gasteiger partial charge in [0.25, 0.3) is 0 Å². The van der Waals surface area contributed by atoms with E-state index in [0.29, 0.717) is 5.69 Å². The van der Waals surface area contributed by atoms with Crippen LogP contribution in [0.3, 0.4) is 0 Å². The minimum absolute atomic E-state index is 0.00916. The van der Waals surface area contributed by atoms with E-state index in [1.165, 1.54) is 29.6 Å². The Hall–Kier alpha value is -3.80. The molecule has 0 unspecified atom stereocenters. The van der Waals surface area contributed by atoms with Crippen LogP contribution in [0.2, 0.25) is 0 Å². The van der Waals surface area contributed by atoms with Crippen molar-refractivity contribution in [3.8, 4) is 28.1 Å². The third kappa shape index (κ3) is 5.38. The summed E-state index contributed by atoms with van der Waals surface area (Å²) in [7, 11) is -3.57. The average molecular weight is 525 g/mol. The lowest BCUT2D eigenvalue weighted by Gasteiger charge is -2.13. The van der Waals surface area contributed by atoms with Gasteiger partial charge < -0.3 is 0 Å². The van der Waals surface area contributed by atoms with E-state index in [0.717, 1.165) is 35.2 Å². The van der Waals surface area contributed by atoms with Gasteiger partial charge in [0.2, 0.25) is 0 Å². The highest BCUT2D eigenvalue weighted by atomic mass is 32.2. The molecule has 0 aliphatic heterocycles. The van der Waals surface area contributed by atoms with E-state index in [1.54, 1.807) is 30.3 Å². The molecule has 1 N–H and O–H groups in total. The largest absolute Gasteiger partial charge is 0.482 e. The molecule has 0 saturated heterocycles. The third-order valence-electron chi connectivity index (χ3n) is 5.17. The Morgan fingerprint density at radius 2 is 1.33 bits per heavy atom. The number of aromatic nitrogens is 2. The van der Waals surface area contributed by atoms with Crippen molar-refractivity contribution in [3.05, 3.63) is 84.6 Å². The van der Waals surface area contributed by atoms with Crippen molar-refractivity contribution in [1.82, 2.24) is 9.78 Å². The Kier molecular flexibility index (Phi) is 6.33. The summed E-state index contributed by atoms with van der Waals surface area (Å²) in [6.07, 6.45) is -8.62. The molecular formula is C24H17F6N3O2S. The van der Waals surface area contributed by atoms with Crippen molar-refractivity contribution in [1.29, 1.82) is 0 Å². The van der Waals surface area contributed by atoms with Gasteiger partial charge in [0, 0.05) is 23.1 Å². The van der Waals surface area contributed by atoms with E-state index in [2.05, 4.69) is 5.10 Å². The number of rotatable bonds is 5. The molecular weight excluding hydrogens is 508 g/mol. The first-order valence-corrected chi connectivity index (χ1v) is 12.1. The van der Waals surface area contributed by atoms with Crippen LogP contribution in [-0.2, 0) is 16.0 Å². The van der Waals surface area contributed by atoms with Crippen molar-refractivity contribution >= 4 is 15.5 Å². The lowest BCUT2D eigenvalue weighted by atomic mass is 9.98. The van der Waals surface area contributed by atoms with Crippen LogP contribution < -0.4 is 5.32 Å². The number of nitrogens with one attached hydrogen (secondary N) is 1. The van der Waals surface area contributed by atoms with Crippen molar-refractivity contribution in [2.24, 2.45) is 0 Å². The van der Waals surface area contributed by atoms with Gasteiger partial charge in [-0.25, -0.2) is 13.1 Å². The quantitative estimate of drug-likeness (QED) is 0.237. The second kappa shape index (κ2) is 9.01. The second-order valence-corrected chi connectivity index (χ2v) is 9.83. The predicted octanol–water partition coefficient (Wildman–Crippen LogP) is 6.56. The average Bonchev–Trinajstić information content (AvgIpc) is 3.20. The van der Waals surface area contributed by atoms with Crippen LogP contribution in [0.5, 0.6) is 0 Å². The molecule has 0 fully saturated rings. The molecule has 0 saturated carbocycles. The van der Waals surface area contributed by atoms with E-state index in [1.807, 2.05) is 0 Å². The summed E-state index contributed by atoms with van der Waals surface area (Å²) in [6, 6.07) is 17.5. The summed E-state index contributed by atoms with van der Waals surface area (Å²) >= 11 is 0. The van der Waals surface area contributed by atoms with Gasteiger partial charge in [-0.1, -0.05) is 42.5 Å². The molecule has 3 aromatic carbocycles. The Labute approximate surface area is 201 Å². The lowest BCUT2D eigenvalue weighted by Crippen LogP contribution is -2.20. The Morgan fingerprint density at radius 3 is 1.83 bits per heavy atom. The second-order valence-electron chi connectivity index (χ2n) is 7.81. The fourth-order valence-corrected chi connectivity index (χ4v) is 4.29. The summed E-state index contributed by atoms with van der Waals surface area (Å²) in [6.45, 7) is 0. The molecule has 0 radical (unpaired) electrons. The molecule has 5 nitrogen and oxygen atoms in total. The first-order chi connectivity index (χ1) is 16.7. The highest BCUT2D eigenvalue weighted by Crippen LogP contribution is 2.44. The van der Waals surface area contributed by atoms with Gasteiger partial charge in [0.1, 0.15) is 0 Å². The number of nitrogens with zero attached hydrogens (tertiary/aromatic N) is 2. The maximum Gasteiger partial charge on any atom is 0.482 e. The minimum atomic E-state index is -4.90. The highest BCUT2D eigenvalue weighted by molar-refractivity contribution is 7.90. The molecule has 0 amide bonds. The van der Waals surface area contributed by atoms with Gasteiger partial charge in [0.15, 0.2) is 15.5 Å². The van der Waals surface area contributed by atoms with Gasteiger partial charge in [0.05, 0.1) is 16.3 Å². The molecule has 0 aliphatic carbocycles. The Morgan fingerprint density at radius 1 is 0.778 bits per heavy atom. The molecule has 188 valence electrons. The van der Waals surface area contributed by atoms with Gasteiger partial charge >= 0.3 is 12.5 Å². The number of sulfone groups is 1. The summed E-state index contributed by atoms with van der Waals surface area (Å²) < 4.78 is 105. The standard InChI is InChI=1S/C24H17F6N3O2S/c1-36(34,35)19-13-9-16(10-14-19)21-20(15-7-11-17(12-8-15)31-24(28,29)30)22(23(25,26)27)32-33(21)18-5-3-2-4-6-18/h2-14,31H,1H3. The van der Waals surface area contributed by atoms with Crippen LogP contribution >= 0.6 is 0 Å². The lowest BCUT2D eigenvalue weighted by molar-refractivity contribution is -0.140. The van der Waals surface area contributed by atoms with Crippen LogP contribution in [0.1, 0.15) is 5.69 Å². The van der Waals surface area contributed by atoms with Gasteiger partial charge in [-0.05, 0) is 42.0 Å². The summed E-state index contributed by atoms with van der Waals surface area (Å²) in [5.74, 6) is 0. The number of anilines is 1. The molecule has 12 heteroatoms. The Balaban J connectivity index is 1.99. The summed E-state index contributed by atoms with van der Waals surface area (Å²) in [4.78, 5) is -0.0304. The van der Waals surface area contributed by atoms with Crippen LogP contribution in [-0.4, -0.2) is 30.8 Å². The molecule has 0 atom stereocenters. The molecule has 4 rings (SSSR count). The molecule has 36 heavy (non-hydrogen) atoms. The number of hydrogen-bond donors (Lipinski definition) is 1. The normalized spacial score (nSPS) is 12.5. The minimum Gasteiger partial charge on any atom is -0.298 e. The van der Waals surface area contributed by atoms with Gasteiger partial charge in [-0.2, -0.15) is 31.4 Å². The monoisotopic (exact) mass is 525 g/mol. The number of hydrogen-bond acceptors (Lipinski definition) is 4. The van der Waals surface area contributed by atoms with E-state index in [9.17, 15) is 34.8 Å². The third-order valence-corrected chi connectivity index (χ3v) is 6.30. The summed E-state index contributed by atoms with van der Waals surface area (Å²) in [5, 5.41) is 5.14. The van der Waals surface area contributed by atoms with Crippen molar-refractivity contribution in [2.45, 2.75) is 17.4 Å². The number of para-hydroxylation sites is 1. The molecule has 0 spiro atoms. The maximum atomic E-state index is 14.2. The fourth-order valence-electron chi connectivity index (χ4n) is 3.66.